The van der Waals surface area contributed by atoms with E-state index in [1.54, 1.807) is 7.11 Å². The summed E-state index contributed by atoms with van der Waals surface area (Å²) in [6.45, 7) is 0. The summed E-state index contributed by atoms with van der Waals surface area (Å²) in [4.78, 5) is 0. The number of ether oxygens (including phenoxy) is 1. The van der Waals surface area contributed by atoms with Crippen LogP contribution in [0.2, 0.25) is 5.02 Å². The van der Waals surface area contributed by atoms with Crippen molar-refractivity contribution < 1.29 is 4.74 Å². The highest BCUT2D eigenvalue weighted by Gasteiger charge is 2.37. The number of hydrogen-bond acceptors (Lipinski definition) is 3. The van der Waals surface area contributed by atoms with E-state index in [4.69, 9.17) is 16.3 Å². The van der Waals surface area contributed by atoms with Crippen molar-refractivity contribution in [1.82, 2.24) is 0 Å². The van der Waals surface area contributed by atoms with Crippen LogP contribution < -0.4 is 10.1 Å². The van der Waals surface area contributed by atoms with Gasteiger partial charge in [0.15, 0.2) is 0 Å². The summed E-state index contributed by atoms with van der Waals surface area (Å²) in [6.07, 6.45) is 3.63. The molecule has 1 aliphatic carbocycles. The third-order valence-corrected chi connectivity index (χ3v) is 5.14. The lowest BCUT2D eigenvalue weighted by molar-refractivity contribution is 0.342. The predicted octanol–water partition coefficient (Wildman–Crippen LogP) is 5.16. The molecule has 0 aliphatic heterocycles. The van der Waals surface area contributed by atoms with Gasteiger partial charge < -0.3 is 10.1 Å². The molecule has 1 aliphatic rings. The number of nitriles is 1. The quantitative estimate of drug-likeness (QED) is 0.835. The van der Waals surface area contributed by atoms with Gasteiger partial charge in [-0.25, -0.2) is 0 Å². The molecule has 24 heavy (non-hydrogen) atoms. The topological polar surface area (TPSA) is 45.0 Å². The van der Waals surface area contributed by atoms with E-state index >= 15 is 0 Å². The Bertz CT molecular complexity index is 728. The second-order valence-corrected chi connectivity index (χ2v) is 6.79. The number of rotatable bonds is 4. The van der Waals surface area contributed by atoms with Crippen molar-refractivity contribution in [2.24, 2.45) is 0 Å². The Kier molecular flexibility index (Phi) is 4.97. The minimum Gasteiger partial charge on any atom is -0.497 e. The number of nitrogens with one attached hydrogen (secondary N) is 1. The Morgan fingerprint density at radius 3 is 2.50 bits per heavy atom. The van der Waals surface area contributed by atoms with Gasteiger partial charge in [0.05, 0.1) is 18.6 Å². The molecule has 0 saturated heterocycles. The molecule has 4 heteroatoms. The Hall–Kier alpha value is -2.18. The monoisotopic (exact) mass is 340 g/mol. The summed E-state index contributed by atoms with van der Waals surface area (Å²) in [5, 5.41) is 14.1. The maximum Gasteiger partial charge on any atom is 0.119 e. The molecule has 2 aromatic rings. The van der Waals surface area contributed by atoms with Gasteiger partial charge in [0.2, 0.25) is 0 Å². The van der Waals surface area contributed by atoms with Crippen LogP contribution in [0.4, 0.5) is 5.69 Å². The lowest BCUT2D eigenvalue weighted by Gasteiger charge is -2.36. The standard InChI is InChI=1S/C20H21ClN2O/c1-24-19-4-2-3-15(13-19)20(14-22)11-9-18(10-12-20)23-17-7-5-16(21)6-8-17/h2-8,13,18,23H,9-12H2,1H3. The lowest BCUT2D eigenvalue weighted by atomic mass is 9.69. The fraction of sp³-hybridized carbons (Fsp3) is 0.350. The van der Waals surface area contributed by atoms with Crippen LogP contribution in [0.25, 0.3) is 0 Å². The summed E-state index contributed by atoms with van der Waals surface area (Å²) < 4.78 is 5.31. The first-order chi connectivity index (χ1) is 11.6. The van der Waals surface area contributed by atoms with E-state index in [0.29, 0.717) is 6.04 Å². The van der Waals surface area contributed by atoms with Crippen LogP contribution >= 0.6 is 11.6 Å². The number of hydrogen-bond donors (Lipinski definition) is 1. The van der Waals surface area contributed by atoms with Gasteiger partial charge in [-0.1, -0.05) is 23.7 Å². The second-order valence-electron chi connectivity index (χ2n) is 6.35. The van der Waals surface area contributed by atoms with E-state index < -0.39 is 5.41 Å². The average Bonchev–Trinajstić information content (AvgIpc) is 2.64. The summed E-state index contributed by atoms with van der Waals surface area (Å²) in [5.41, 5.74) is 1.73. The third-order valence-electron chi connectivity index (χ3n) is 4.89. The van der Waals surface area contributed by atoms with Gasteiger partial charge in [0.25, 0.3) is 0 Å². The van der Waals surface area contributed by atoms with E-state index in [1.807, 2.05) is 48.5 Å². The molecular formula is C20H21ClN2O. The molecule has 0 bridgehead atoms. The maximum atomic E-state index is 9.84. The number of halogens is 1. The molecule has 3 nitrogen and oxygen atoms in total. The van der Waals surface area contributed by atoms with Crippen molar-refractivity contribution in [3.63, 3.8) is 0 Å². The normalized spacial score (nSPS) is 23.3. The molecule has 1 fully saturated rings. The minimum absolute atomic E-state index is 0.387. The largest absolute Gasteiger partial charge is 0.497 e. The molecule has 1 saturated carbocycles. The molecule has 0 heterocycles. The van der Waals surface area contributed by atoms with Crippen molar-refractivity contribution in [3.05, 3.63) is 59.1 Å². The van der Waals surface area contributed by atoms with Crippen molar-refractivity contribution in [2.45, 2.75) is 37.1 Å². The van der Waals surface area contributed by atoms with Gasteiger partial charge in [-0.05, 0) is 67.6 Å². The van der Waals surface area contributed by atoms with Crippen LogP contribution in [-0.4, -0.2) is 13.2 Å². The Labute approximate surface area is 148 Å². The highest BCUT2D eigenvalue weighted by atomic mass is 35.5. The fourth-order valence-corrected chi connectivity index (χ4v) is 3.55. The summed E-state index contributed by atoms with van der Waals surface area (Å²) in [7, 11) is 1.66. The molecule has 0 radical (unpaired) electrons. The van der Waals surface area contributed by atoms with Crippen molar-refractivity contribution >= 4 is 17.3 Å². The van der Waals surface area contributed by atoms with Crippen LogP contribution in [-0.2, 0) is 5.41 Å². The van der Waals surface area contributed by atoms with E-state index in [2.05, 4.69) is 11.4 Å². The number of nitrogens with zero attached hydrogens (tertiary/aromatic N) is 1. The SMILES string of the molecule is COc1cccc(C2(C#N)CCC(Nc3ccc(Cl)cc3)CC2)c1. The Balaban J connectivity index is 1.69. The van der Waals surface area contributed by atoms with Crippen LogP contribution in [0.5, 0.6) is 5.75 Å². The van der Waals surface area contributed by atoms with E-state index in [-0.39, 0.29) is 0 Å². The first kappa shape index (κ1) is 16.7. The number of benzene rings is 2. The first-order valence-corrected chi connectivity index (χ1v) is 8.61. The number of methoxy groups -OCH3 is 1. The summed E-state index contributed by atoms with van der Waals surface area (Å²) >= 11 is 5.93. The zero-order chi connectivity index (χ0) is 17.0. The van der Waals surface area contributed by atoms with Gasteiger partial charge in [-0.2, -0.15) is 5.26 Å². The van der Waals surface area contributed by atoms with Crippen LogP contribution in [0, 0.1) is 11.3 Å². The van der Waals surface area contributed by atoms with Crippen LogP contribution in [0.15, 0.2) is 48.5 Å². The van der Waals surface area contributed by atoms with Crippen LogP contribution in [0.1, 0.15) is 31.2 Å². The molecule has 1 N–H and O–H groups in total. The molecule has 0 aromatic heterocycles. The molecule has 0 unspecified atom stereocenters. The van der Waals surface area contributed by atoms with E-state index in [9.17, 15) is 5.26 Å². The highest BCUT2D eigenvalue weighted by Crippen LogP contribution is 2.40. The van der Waals surface area contributed by atoms with Gasteiger partial charge in [0, 0.05) is 16.8 Å². The second kappa shape index (κ2) is 7.15. The molecule has 124 valence electrons. The Morgan fingerprint density at radius 1 is 1.17 bits per heavy atom. The smallest absolute Gasteiger partial charge is 0.119 e. The zero-order valence-electron chi connectivity index (χ0n) is 13.8. The summed E-state index contributed by atoms with van der Waals surface area (Å²) in [5.74, 6) is 0.809. The lowest BCUT2D eigenvalue weighted by Crippen LogP contribution is -2.35. The zero-order valence-corrected chi connectivity index (χ0v) is 14.5. The van der Waals surface area contributed by atoms with Gasteiger partial charge in [-0.15, -0.1) is 0 Å². The van der Waals surface area contributed by atoms with Gasteiger partial charge >= 0.3 is 0 Å². The van der Waals surface area contributed by atoms with E-state index in [0.717, 1.165) is 47.7 Å². The Morgan fingerprint density at radius 2 is 1.88 bits per heavy atom. The summed E-state index contributed by atoms with van der Waals surface area (Å²) in [6, 6.07) is 18.7. The third kappa shape index (κ3) is 3.49. The van der Waals surface area contributed by atoms with Gasteiger partial charge in [0.1, 0.15) is 5.75 Å². The minimum atomic E-state index is -0.410. The first-order valence-electron chi connectivity index (χ1n) is 8.23. The molecule has 0 amide bonds. The van der Waals surface area contributed by atoms with Crippen molar-refractivity contribution in [3.8, 4) is 11.8 Å². The number of anilines is 1. The molecule has 0 spiro atoms. The molecule has 3 rings (SSSR count). The molecule has 0 atom stereocenters. The molecule has 2 aromatic carbocycles. The van der Waals surface area contributed by atoms with E-state index in [1.165, 1.54) is 0 Å². The van der Waals surface area contributed by atoms with Crippen molar-refractivity contribution in [2.75, 3.05) is 12.4 Å². The van der Waals surface area contributed by atoms with Gasteiger partial charge in [-0.3, -0.25) is 0 Å². The maximum absolute atomic E-state index is 9.84. The predicted molar refractivity (Wildman–Crippen MR) is 97.6 cm³/mol. The highest BCUT2D eigenvalue weighted by molar-refractivity contribution is 6.30. The fourth-order valence-electron chi connectivity index (χ4n) is 3.42. The van der Waals surface area contributed by atoms with Crippen LogP contribution in [0.3, 0.4) is 0 Å². The van der Waals surface area contributed by atoms with Crippen molar-refractivity contribution in [1.29, 1.82) is 5.26 Å². The average molecular weight is 341 g/mol. The molecular weight excluding hydrogens is 320 g/mol.